The first-order valence-electron chi connectivity index (χ1n) is 13.3. The van der Waals surface area contributed by atoms with Gasteiger partial charge in [0.2, 0.25) is 0 Å². The third kappa shape index (κ3) is 16.3. The summed E-state index contributed by atoms with van der Waals surface area (Å²) in [5.41, 5.74) is 0. The first kappa shape index (κ1) is 28.5. The molecule has 1 atom stereocenters. The molecule has 0 saturated carbocycles. The van der Waals surface area contributed by atoms with Gasteiger partial charge in [0.15, 0.2) is 0 Å². The van der Waals surface area contributed by atoms with Crippen LogP contribution < -0.4 is 0 Å². The Bertz CT molecular complexity index is 283. The highest BCUT2D eigenvalue weighted by Crippen LogP contribution is 2.41. The molecule has 0 aromatic carbocycles. The van der Waals surface area contributed by atoms with Gasteiger partial charge in [0.25, 0.3) is 0 Å². The summed E-state index contributed by atoms with van der Waals surface area (Å²) < 4.78 is 0.409. The van der Waals surface area contributed by atoms with Gasteiger partial charge in [-0.05, 0) is 25.2 Å². The molecule has 0 amide bonds. The van der Waals surface area contributed by atoms with Crippen LogP contribution in [0.3, 0.4) is 0 Å². The second-order valence-corrected chi connectivity index (χ2v) is 11.1. The van der Waals surface area contributed by atoms with Crippen molar-refractivity contribution >= 4 is 15.9 Å². The van der Waals surface area contributed by atoms with Gasteiger partial charge in [0.1, 0.15) is 0 Å². The number of hydrogen-bond acceptors (Lipinski definition) is 0. The predicted octanol–water partition coefficient (Wildman–Crippen LogP) is 11.0. The van der Waals surface area contributed by atoms with Crippen molar-refractivity contribution in [3.63, 3.8) is 0 Å². The van der Waals surface area contributed by atoms with E-state index in [4.69, 9.17) is 0 Å². The maximum absolute atomic E-state index is 4.31. The Kier molecular flexibility index (Phi) is 21.1. The van der Waals surface area contributed by atoms with E-state index in [1.165, 1.54) is 135 Å². The normalized spacial score (nSPS) is 13.2. The lowest BCUT2D eigenvalue weighted by molar-refractivity contribution is 0.319. The molecular formula is C27H55Br. The summed E-state index contributed by atoms with van der Waals surface area (Å²) in [6.45, 7) is 9.47. The molecule has 0 bridgehead atoms. The summed E-state index contributed by atoms with van der Waals surface area (Å²) in [6, 6.07) is 0. The Morgan fingerprint density at radius 2 is 0.821 bits per heavy atom. The molecule has 0 aromatic heterocycles. The lowest BCUT2D eigenvalue weighted by atomic mass is 9.81. The quantitative estimate of drug-likeness (QED) is 0.111. The van der Waals surface area contributed by atoms with Crippen LogP contribution in [0.15, 0.2) is 0 Å². The molecule has 0 aromatic rings. The van der Waals surface area contributed by atoms with Crippen molar-refractivity contribution in [1.29, 1.82) is 0 Å². The minimum absolute atomic E-state index is 0.409. The van der Waals surface area contributed by atoms with Crippen LogP contribution in [-0.2, 0) is 0 Å². The Morgan fingerprint density at radius 1 is 0.500 bits per heavy atom. The Morgan fingerprint density at radius 3 is 1.21 bits per heavy atom. The summed E-state index contributed by atoms with van der Waals surface area (Å²) in [4.78, 5) is 0. The van der Waals surface area contributed by atoms with Crippen LogP contribution in [0.5, 0.6) is 0 Å². The fraction of sp³-hybridized carbons (Fsp3) is 1.00. The summed E-state index contributed by atoms with van der Waals surface area (Å²) >= 11 is 4.31. The van der Waals surface area contributed by atoms with E-state index in [2.05, 4.69) is 43.6 Å². The van der Waals surface area contributed by atoms with Crippen molar-refractivity contribution in [1.82, 2.24) is 0 Å². The van der Waals surface area contributed by atoms with Gasteiger partial charge in [0.05, 0.1) is 0 Å². The molecule has 1 unspecified atom stereocenters. The highest BCUT2D eigenvalue weighted by molar-refractivity contribution is 9.10. The third-order valence-electron chi connectivity index (χ3n) is 6.77. The zero-order valence-corrected chi connectivity index (χ0v) is 21.9. The highest BCUT2D eigenvalue weighted by atomic mass is 79.9. The fourth-order valence-corrected chi connectivity index (χ4v) is 5.30. The maximum Gasteiger partial charge on any atom is 0.0283 e. The minimum atomic E-state index is 0.409. The fourth-order valence-electron chi connectivity index (χ4n) is 4.51. The van der Waals surface area contributed by atoms with Crippen LogP contribution in [0, 0.1) is 5.92 Å². The van der Waals surface area contributed by atoms with E-state index < -0.39 is 0 Å². The van der Waals surface area contributed by atoms with Crippen LogP contribution >= 0.6 is 15.9 Å². The van der Waals surface area contributed by atoms with Crippen molar-refractivity contribution in [3.8, 4) is 0 Å². The molecule has 28 heavy (non-hydrogen) atoms. The van der Waals surface area contributed by atoms with Gasteiger partial charge in [-0.25, -0.2) is 0 Å². The molecule has 0 nitrogen and oxygen atoms in total. The van der Waals surface area contributed by atoms with E-state index in [9.17, 15) is 0 Å². The number of alkyl halides is 1. The SMILES string of the molecule is CCCCCCCCC(C)C(Br)(CCCCCCCC)CCCCCCCC. The van der Waals surface area contributed by atoms with Crippen LogP contribution in [-0.4, -0.2) is 4.32 Å². The summed E-state index contributed by atoms with van der Waals surface area (Å²) in [6.07, 6.45) is 29.8. The molecule has 0 aliphatic carbocycles. The van der Waals surface area contributed by atoms with E-state index in [0.29, 0.717) is 4.32 Å². The molecule has 0 aliphatic heterocycles. The summed E-state index contributed by atoms with van der Waals surface area (Å²) in [7, 11) is 0. The second-order valence-electron chi connectivity index (χ2n) is 9.53. The first-order chi connectivity index (χ1) is 13.6. The molecule has 0 saturated heterocycles. The molecule has 0 rings (SSSR count). The molecule has 0 N–H and O–H groups in total. The summed E-state index contributed by atoms with van der Waals surface area (Å²) in [5, 5.41) is 0. The smallest absolute Gasteiger partial charge is 0.0283 e. The Hall–Kier alpha value is 0.480. The van der Waals surface area contributed by atoms with Gasteiger partial charge in [-0.15, -0.1) is 0 Å². The van der Waals surface area contributed by atoms with Gasteiger partial charge in [-0.1, -0.05) is 159 Å². The largest absolute Gasteiger partial charge is 0.0850 e. The molecule has 0 fully saturated rings. The number of unbranched alkanes of at least 4 members (excludes halogenated alkanes) is 15. The van der Waals surface area contributed by atoms with Gasteiger partial charge in [0, 0.05) is 4.32 Å². The van der Waals surface area contributed by atoms with Crippen molar-refractivity contribution in [3.05, 3.63) is 0 Å². The monoisotopic (exact) mass is 458 g/mol. The standard InChI is InChI=1S/C27H55Br/c1-5-8-11-14-17-20-23-26(4)27(28,24-21-18-15-12-9-6-2)25-22-19-16-13-10-7-3/h26H,5-25H2,1-4H3. The molecule has 1 heteroatoms. The van der Waals surface area contributed by atoms with E-state index in [-0.39, 0.29) is 0 Å². The van der Waals surface area contributed by atoms with E-state index >= 15 is 0 Å². The molecule has 0 heterocycles. The summed E-state index contributed by atoms with van der Waals surface area (Å²) in [5.74, 6) is 0.824. The van der Waals surface area contributed by atoms with E-state index in [1.54, 1.807) is 0 Å². The average Bonchev–Trinajstić information content (AvgIpc) is 2.69. The van der Waals surface area contributed by atoms with Crippen molar-refractivity contribution < 1.29 is 0 Å². The van der Waals surface area contributed by atoms with E-state index in [0.717, 1.165) is 5.92 Å². The molecule has 0 radical (unpaired) electrons. The molecular weight excluding hydrogens is 404 g/mol. The number of rotatable bonds is 22. The van der Waals surface area contributed by atoms with Gasteiger partial charge < -0.3 is 0 Å². The molecule has 0 aliphatic rings. The zero-order chi connectivity index (χ0) is 20.9. The van der Waals surface area contributed by atoms with E-state index in [1.807, 2.05) is 0 Å². The van der Waals surface area contributed by atoms with Crippen LogP contribution in [0.25, 0.3) is 0 Å². The first-order valence-corrected chi connectivity index (χ1v) is 14.1. The zero-order valence-electron chi connectivity index (χ0n) is 20.3. The van der Waals surface area contributed by atoms with Crippen molar-refractivity contribution in [2.75, 3.05) is 0 Å². The van der Waals surface area contributed by atoms with Gasteiger partial charge in [-0.3, -0.25) is 0 Å². The second kappa shape index (κ2) is 20.7. The third-order valence-corrected chi connectivity index (χ3v) is 8.34. The lowest BCUT2D eigenvalue weighted by Crippen LogP contribution is -2.30. The minimum Gasteiger partial charge on any atom is -0.0850 e. The van der Waals surface area contributed by atoms with Crippen molar-refractivity contribution in [2.24, 2.45) is 5.92 Å². The van der Waals surface area contributed by atoms with Crippen molar-refractivity contribution in [2.45, 2.75) is 167 Å². The predicted molar refractivity (Wildman–Crippen MR) is 135 cm³/mol. The lowest BCUT2D eigenvalue weighted by Gasteiger charge is -2.34. The topological polar surface area (TPSA) is 0 Å². The number of halogens is 1. The number of hydrogen-bond donors (Lipinski definition) is 0. The van der Waals surface area contributed by atoms with Gasteiger partial charge in [-0.2, -0.15) is 0 Å². The highest BCUT2D eigenvalue weighted by Gasteiger charge is 2.31. The molecule has 170 valence electrons. The van der Waals surface area contributed by atoms with Crippen LogP contribution in [0.2, 0.25) is 0 Å². The van der Waals surface area contributed by atoms with Gasteiger partial charge >= 0.3 is 0 Å². The van der Waals surface area contributed by atoms with Crippen LogP contribution in [0.4, 0.5) is 0 Å². The average molecular weight is 460 g/mol. The Labute approximate surface area is 188 Å². The molecule has 0 spiro atoms. The Balaban J connectivity index is 4.26. The maximum atomic E-state index is 4.31. The van der Waals surface area contributed by atoms with Crippen LogP contribution in [0.1, 0.15) is 163 Å².